The molecule has 0 aliphatic carbocycles. The average Bonchev–Trinajstić information content (AvgIpc) is 3.45. The Hall–Kier alpha value is -5.88. The molecular formula is C36H21F12N3O4. The molecule has 19 heteroatoms. The minimum absolute atomic E-state index is 0.0325. The third kappa shape index (κ3) is 5.95. The van der Waals surface area contributed by atoms with Crippen molar-refractivity contribution in [3.63, 3.8) is 0 Å². The summed E-state index contributed by atoms with van der Waals surface area (Å²) < 4.78 is 175. The molecule has 0 spiro atoms. The summed E-state index contributed by atoms with van der Waals surface area (Å²) in [6.07, 6.45) is -23.1. The van der Waals surface area contributed by atoms with Gasteiger partial charge in [-0.1, -0.05) is 24.3 Å². The molecule has 4 aromatic carbocycles. The predicted octanol–water partition coefficient (Wildman–Crippen LogP) is 9.26. The fourth-order valence-electron chi connectivity index (χ4n) is 6.75. The van der Waals surface area contributed by atoms with Gasteiger partial charge in [-0.25, -0.2) is 4.90 Å². The Bertz CT molecular complexity index is 2300. The fraction of sp³-hybridized carbons (Fsp3) is 0.222. The summed E-state index contributed by atoms with van der Waals surface area (Å²) in [4.78, 5) is 52.4. The maximum Gasteiger partial charge on any atom is 0.417 e. The minimum Gasteiger partial charge on any atom is -0.385 e. The van der Waals surface area contributed by atoms with Gasteiger partial charge in [0, 0.05) is 19.3 Å². The molecular weight excluding hydrogens is 766 g/mol. The molecule has 2 aliphatic rings. The molecule has 1 N–H and O–H groups in total. The van der Waals surface area contributed by atoms with E-state index in [-0.39, 0.29) is 41.4 Å². The molecule has 4 aromatic rings. The highest BCUT2D eigenvalue weighted by molar-refractivity contribution is 6.34. The van der Waals surface area contributed by atoms with Crippen LogP contribution in [0.3, 0.4) is 0 Å². The SMILES string of the molecule is CCNc1ccc(-c2ccc(N3C(=O)c4ccc(C(c5ccc6c(c5)C(=O)N(C)C6=O)(C(F)(F)F)C(F)(F)F)cc4C3=O)cc2C(F)(F)F)c(C(F)(F)F)c1. The van der Waals surface area contributed by atoms with Crippen LogP contribution in [0.15, 0.2) is 72.8 Å². The fourth-order valence-corrected chi connectivity index (χ4v) is 6.75. The number of fused-ring (bicyclic) bond motifs is 2. The quantitative estimate of drug-likeness (QED) is 0.156. The van der Waals surface area contributed by atoms with E-state index in [1.54, 1.807) is 6.92 Å². The van der Waals surface area contributed by atoms with E-state index in [2.05, 4.69) is 5.32 Å². The van der Waals surface area contributed by atoms with Crippen molar-refractivity contribution in [2.45, 2.75) is 37.0 Å². The van der Waals surface area contributed by atoms with Gasteiger partial charge in [0.25, 0.3) is 23.6 Å². The molecule has 2 heterocycles. The number of anilines is 2. The van der Waals surface area contributed by atoms with Crippen molar-refractivity contribution in [3.05, 3.63) is 117 Å². The Labute approximate surface area is 301 Å². The van der Waals surface area contributed by atoms with Gasteiger partial charge in [0.05, 0.1) is 39.1 Å². The third-order valence-electron chi connectivity index (χ3n) is 9.26. The largest absolute Gasteiger partial charge is 0.417 e. The van der Waals surface area contributed by atoms with Gasteiger partial charge < -0.3 is 5.32 Å². The molecule has 0 bridgehead atoms. The zero-order valence-corrected chi connectivity index (χ0v) is 27.7. The molecule has 55 heavy (non-hydrogen) atoms. The van der Waals surface area contributed by atoms with E-state index in [9.17, 15) is 71.9 Å². The van der Waals surface area contributed by atoms with Crippen LogP contribution in [0.2, 0.25) is 0 Å². The molecule has 0 saturated heterocycles. The minimum atomic E-state index is -6.27. The van der Waals surface area contributed by atoms with Crippen molar-refractivity contribution >= 4 is 35.0 Å². The molecule has 0 aromatic heterocycles. The maximum atomic E-state index is 15.0. The lowest BCUT2D eigenvalue weighted by Crippen LogP contribution is -2.55. The monoisotopic (exact) mass is 787 g/mol. The molecule has 6 rings (SSSR count). The normalized spacial score (nSPS) is 15.2. The molecule has 0 radical (unpaired) electrons. The number of rotatable bonds is 6. The van der Waals surface area contributed by atoms with E-state index >= 15 is 0 Å². The summed E-state index contributed by atoms with van der Waals surface area (Å²) in [5.41, 5.74) is -17.6. The highest BCUT2D eigenvalue weighted by Crippen LogP contribution is 2.57. The van der Waals surface area contributed by atoms with Gasteiger partial charge >= 0.3 is 24.7 Å². The van der Waals surface area contributed by atoms with Crippen LogP contribution >= 0.6 is 0 Å². The highest BCUT2D eigenvalue weighted by Gasteiger charge is 2.73. The number of nitrogens with zero attached hydrogens (tertiary/aromatic N) is 2. The second-order valence-electron chi connectivity index (χ2n) is 12.4. The second kappa shape index (κ2) is 12.6. The van der Waals surface area contributed by atoms with E-state index in [0.717, 1.165) is 19.2 Å². The van der Waals surface area contributed by atoms with Gasteiger partial charge in [0.15, 0.2) is 0 Å². The number of carbonyl (C=O) groups excluding carboxylic acids is 4. The number of carbonyl (C=O) groups is 4. The molecule has 0 saturated carbocycles. The van der Waals surface area contributed by atoms with Gasteiger partial charge in [-0.2, -0.15) is 52.7 Å². The number of hydrogen-bond acceptors (Lipinski definition) is 5. The Morgan fingerprint density at radius 1 is 0.509 bits per heavy atom. The van der Waals surface area contributed by atoms with E-state index in [1.807, 2.05) is 0 Å². The molecule has 0 unspecified atom stereocenters. The van der Waals surface area contributed by atoms with E-state index in [1.165, 1.54) is 0 Å². The van der Waals surface area contributed by atoms with Crippen molar-refractivity contribution in [1.29, 1.82) is 0 Å². The van der Waals surface area contributed by atoms with Crippen LogP contribution in [0.25, 0.3) is 11.1 Å². The average molecular weight is 788 g/mol. The van der Waals surface area contributed by atoms with Gasteiger partial charge in [-0.05, 0) is 77.7 Å². The summed E-state index contributed by atoms with van der Waals surface area (Å²) in [7, 11) is 0.952. The number of nitrogens with one attached hydrogen (secondary N) is 1. The van der Waals surface area contributed by atoms with Crippen LogP contribution in [-0.4, -0.2) is 54.5 Å². The van der Waals surface area contributed by atoms with Crippen molar-refractivity contribution in [1.82, 2.24) is 4.90 Å². The molecule has 288 valence electrons. The number of hydrogen-bond donors (Lipinski definition) is 1. The Morgan fingerprint density at radius 2 is 0.927 bits per heavy atom. The van der Waals surface area contributed by atoms with Crippen molar-refractivity contribution in [2.24, 2.45) is 0 Å². The summed E-state index contributed by atoms with van der Waals surface area (Å²) in [6, 6.07) is 5.75. The summed E-state index contributed by atoms with van der Waals surface area (Å²) in [5, 5.41) is 2.61. The molecule has 2 aliphatic heterocycles. The van der Waals surface area contributed by atoms with Crippen LogP contribution in [-0.2, 0) is 17.8 Å². The number of halogens is 12. The molecule has 0 fully saturated rings. The van der Waals surface area contributed by atoms with Crippen molar-refractivity contribution < 1.29 is 71.9 Å². The lowest BCUT2D eigenvalue weighted by atomic mass is 9.71. The van der Waals surface area contributed by atoms with Crippen LogP contribution in [0.1, 0.15) is 70.6 Å². The number of amides is 4. The Balaban J connectivity index is 1.49. The van der Waals surface area contributed by atoms with E-state index in [4.69, 9.17) is 0 Å². The third-order valence-corrected chi connectivity index (χ3v) is 9.26. The molecule has 7 nitrogen and oxygen atoms in total. The molecule has 0 atom stereocenters. The number of imide groups is 2. The zero-order valence-electron chi connectivity index (χ0n) is 27.7. The van der Waals surface area contributed by atoms with E-state index < -0.39 is 115 Å². The van der Waals surface area contributed by atoms with Crippen molar-refractivity contribution in [3.8, 4) is 11.1 Å². The first-order valence-electron chi connectivity index (χ1n) is 15.7. The number of benzene rings is 4. The lowest BCUT2D eigenvalue weighted by Gasteiger charge is -2.38. The van der Waals surface area contributed by atoms with Crippen LogP contribution in [0.5, 0.6) is 0 Å². The molecule has 4 amide bonds. The topological polar surface area (TPSA) is 86.8 Å². The summed E-state index contributed by atoms with van der Waals surface area (Å²) in [6.45, 7) is 1.73. The van der Waals surface area contributed by atoms with Crippen molar-refractivity contribution in [2.75, 3.05) is 23.8 Å². The smallest absolute Gasteiger partial charge is 0.385 e. The second-order valence-corrected chi connectivity index (χ2v) is 12.4. The zero-order chi connectivity index (χ0) is 40.8. The standard InChI is InChI=1S/C36H21F12N3O4/c1-3-49-18-6-10-20(26(14-18)33(37,38)39)21-11-7-19(15-27(21)34(40,41)42)51-30(54)23-9-5-17(13-25(23)31(51)55)32(35(43,44)45,36(46,47)48)16-4-8-22-24(12-16)29(53)50(2)28(22)52/h4-15,49H,3H2,1-2H3. The first kappa shape index (κ1) is 38.8. The van der Waals surface area contributed by atoms with Crippen LogP contribution in [0, 0.1) is 0 Å². The van der Waals surface area contributed by atoms with Gasteiger partial charge in [-0.15, -0.1) is 0 Å². The first-order valence-corrected chi connectivity index (χ1v) is 15.7. The van der Waals surface area contributed by atoms with Gasteiger partial charge in [0.1, 0.15) is 0 Å². The van der Waals surface area contributed by atoms with Crippen LogP contribution < -0.4 is 10.2 Å². The summed E-state index contributed by atoms with van der Waals surface area (Å²) >= 11 is 0. The summed E-state index contributed by atoms with van der Waals surface area (Å²) in [5.74, 6) is -5.31. The van der Waals surface area contributed by atoms with E-state index in [0.29, 0.717) is 41.3 Å². The van der Waals surface area contributed by atoms with Gasteiger partial charge in [0.2, 0.25) is 5.41 Å². The Kier molecular flexibility index (Phi) is 8.89. The predicted molar refractivity (Wildman–Crippen MR) is 169 cm³/mol. The highest BCUT2D eigenvalue weighted by atomic mass is 19.4. The lowest BCUT2D eigenvalue weighted by molar-refractivity contribution is -0.288. The Morgan fingerprint density at radius 3 is 1.42 bits per heavy atom. The first-order chi connectivity index (χ1) is 25.4. The maximum absolute atomic E-state index is 15.0. The number of alkyl halides is 12. The van der Waals surface area contributed by atoms with Crippen LogP contribution in [0.4, 0.5) is 64.1 Å². The van der Waals surface area contributed by atoms with Gasteiger partial charge in [-0.3, -0.25) is 24.1 Å².